The first kappa shape index (κ1) is 3.49. The number of nitrogens with one attached hydrogen (secondary N) is 3. The van der Waals surface area contributed by atoms with Crippen molar-refractivity contribution < 1.29 is 0 Å². The van der Waals surface area contributed by atoms with E-state index in [1.807, 2.05) is 0 Å². The minimum absolute atomic E-state index is 0.747. The fraction of sp³-hybridized carbons (Fsp3) is 0.333. The average molecular weight is 84.1 g/mol. The maximum Gasteiger partial charge on any atom is 0.0828 e. The summed E-state index contributed by atoms with van der Waals surface area (Å²) in [5.74, 6) is 0. The molecule has 0 bridgehead atoms. The molecule has 1 aliphatic rings. The molecule has 1 rings (SSSR count). The van der Waals surface area contributed by atoms with Gasteiger partial charge in [-0.25, -0.2) is 5.43 Å². The first-order valence-corrected chi connectivity index (χ1v) is 1.78. The molecule has 0 saturated heterocycles. The monoisotopic (exact) mass is 84.1 g/mol. The number of hydrogen-bond donors (Lipinski definition) is 3. The second-order valence-electron chi connectivity index (χ2n) is 0.963. The number of hydrogen-bond acceptors (Lipinski definition) is 3. The molecule has 0 atom stereocenters. The molecular weight excluding hydrogens is 78.1 g/mol. The van der Waals surface area contributed by atoms with Crippen LogP contribution in [0.15, 0.2) is 6.20 Å². The van der Waals surface area contributed by atoms with E-state index in [1.165, 1.54) is 0 Å². The lowest BCUT2D eigenvalue weighted by Gasteiger charge is -2.06. The van der Waals surface area contributed by atoms with Gasteiger partial charge in [-0.3, -0.25) is 0 Å². The minimum Gasteiger partial charge on any atom is -0.368 e. The molecule has 0 aromatic heterocycles. The molecule has 3 N–H and O–H groups in total. The van der Waals surface area contributed by atoms with E-state index in [9.17, 15) is 0 Å². The molecule has 1 aliphatic heterocycles. The smallest absolute Gasteiger partial charge is 0.0828 e. The molecule has 0 aromatic rings. The summed E-state index contributed by atoms with van der Waals surface area (Å²) in [7, 11) is 0. The Balaban J connectivity index is 2.26. The van der Waals surface area contributed by atoms with Crippen LogP contribution in [0, 0.1) is 6.20 Å². The average Bonchev–Trinajstić information content (AvgIpc) is 1.72. The van der Waals surface area contributed by atoms with Crippen molar-refractivity contribution in [1.29, 1.82) is 0 Å². The van der Waals surface area contributed by atoms with Crippen LogP contribution in [0.2, 0.25) is 0 Å². The van der Waals surface area contributed by atoms with E-state index in [-0.39, 0.29) is 0 Å². The molecule has 0 aromatic carbocycles. The van der Waals surface area contributed by atoms with E-state index < -0.39 is 0 Å². The summed E-state index contributed by atoms with van der Waals surface area (Å²) in [6.07, 6.45) is 4.41. The van der Waals surface area contributed by atoms with E-state index in [0.717, 1.165) is 6.67 Å². The third-order valence-electron chi connectivity index (χ3n) is 0.525. The van der Waals surface area contributed by atoms with Crippen molar-refractivity contribution >= 4 is 0 Å². The minimum atomic E-state index is 0.747. The maximum atomic E-state index is 2.81. The standard InChI is InChI=1S/C3H6N3/c1-2-5-6-3-4-1/h2,4-6H,3H2. The van der Waals surface area contributed by atoms with Gasteiger partial charge in [0.05, 0.1) is 12.9 Å². The topological polar surface area (TPSA) is 36.1 Å². The second-order valence-corrected chi connectivity index (χ2v) is 0.963. The highest BCUT2D eigenvalue weighted by Crippen LogP contribution is 1.59. The third-order valence-corrected chi connectivity index (χ3v) is 0.525. The van der Waals surface area contributed by atoms with Gasteiger partial charge in [0.15, 0.2) is 0 Å². The van der Waals surface area contributed by atoms with E-state index in [2.05, 4.69) is 22.4 Å². The van der Waals surface area contributed by atoms with Gasteiger partial charge in [0, 0.05) is 6.20 Å². The summed E-state index contributed by atoms with van der Waals surface area (Å²) < 4.78 is 0. The molecule has 3 nitrogen and oxygen atoms in total. The Morgan fingerprint density at radius 3 is 2.83 bits per heavy atom. The molecule has 0 saturated carbocycles. The molecule has 6 heavy (non-hydrogen) atoms. The lowest BCUT2D eigenvalue weighted by atomic mass is 10.8. The lowest BCUT2D eigenvalue weighted by molar-refractivity contribution is 0.555. The van der Waals surface area contributed by atoms with Crippen molar-refractivity contribution in [1.82, 2.24) is 16.2 Å². The Morgan fingerprint density at radius 2 is 2.67 bits per heavy atom. The van der Waals surface area contributed by atoms with Crippen LogP contribution in [-0.4, -0.2) is 6.67 Å². The summed E-state index contributed by atoms with van der Waals surface area (Å²) in [6.45, 7) is 0.747. The first-order valence-electron chi connectivity index (χ1n) is 1.78. The van der Waals surface area contributed by atoms with Crippen molar-refractivity contribution in [3.8, 4) is 0 Å². The molecule has 1 heterocycles. The molecule has 0 aliphatic carbocycles. The van der Waals surface area contributed by atoms with Gasteiger partial charge in [-0.05, 0) is 0 Å². The van der Waals surface area contributed by atoms with Gasteiger partial charge in [-0.2, -0.15) is 0 Å². The van der Waals surface area contributed by atoms with Crippen LogP contribution < -0.4 is 16.2 Å². The van der Waals surface area contributed by atoms with Gasteiger partial charge in [0.1, 0.15) is 0 Å². The predicted octanol–water partition coefficient (Wildman–Crippen LogP) is -1.08. The zero-order chi connectivity index (χ0) is 4.24. The van der Waals surface area contributed by atoms with E-state index in [4.69, 9.17) is 0 Å². The van der Waals surface area contributed by atoms with Crippen LogP contribution in [0.5, 0.6) is 0 Å². The maximum absolute atomic E-state index is 2.81. The van der Waals surface area contributed by atoms with Crippen LogP contribution in [-0.2, 0) is 0 Å². The van der Waals surface area contributed by atoms with Crippen LogP contribution in [0.1, 0.15) is 0 Å². The van der Waals surface area contributed by atoms with Crippen molar-refractivity contribution in [2.45, 2.75) is 0 Å². The molecule has 0 spiro atoms. The highest BCUT2D eigenvalue weighted by molar-refractivity contribution is 4.69. The Kier molecular flexibility index (Phi) is 0.969. The Morgan fingerprint density at radius 1 is 1.67 bits per heavy atom. The quantitative estimate of drug-likeness (QED) is 0.349. The first-order chi connectivity index (χ1) is 3.00. The molecule has 0 amide bonds. The zero-order valence-electron chi connectivity index (χ0n) is 3.28. The van der Waals surface area contributed by atoms with Crippen molar-refractivity contribution in [3.63, 3.8) is 0 Å². The van der Waals surface area contributed by atoms with Gasteiger partial charge in [0.25, 0.3) is 0 Å². The third kappa shape index (κ3) is 0.621. The summed E-state index contributed by atoms with van der Waals surface area (Å²) in [5.41, 5.74) is 5.54. The summed E-state index contributed by atoms with van der Waals surface area (Å²) in [4.78, 5) is 0. The molecule has 0 unspecified atom stereocenters. The summed E-state index contributed by atoms with van der Waals surface area (Å²) in [6, 6.07) is 0. The summed E-state index contributed by atoms with van der Waals surface area (Å²) >= 11 is 0. The van der Waals surface area contributed by atoms with Gasteiger partial charge in [0.2, 0.25) is 0 Å². The molecule has 1 radical (unpaired) electrons. The van der Waals surface area contributed by atoms with Gasteiger partial charge >= 0.3 is 0 Å². The van der Waals surface area contributed by atoms with Gasteiger partial charge in [-0.1, -0.05) is 0 Å². The second kappa shape index (κ2) is 1.67. The van der Waals surface area contributed by atoms with E-state index >= 15 is 0 Å². The van der Waals surface area contributed by atoms with E-state index in [1.54, 1.807) is 6.20 Å². The van der Waals surface area contributed by atoms with Gasteiger partial charge < -0.3 is 10.7 Å². The van der Waals surface area contributed by atoms with Crippen molar-refractivity contribution in [2.75, 3.05) is 6.67 Å². The fourth-order valence-electron chi connectivity index (χ4n) is 0.284. The molecular formula is C3H6N3. The normalized spacial score (nSPS) is 18.7. The fourth-order valence-corrected chi connectivity index (χ4v) is 0.284. The highest BCUT2D eigenvalue weighted by atomic mass is 15.4. The van der Waals surface area contributed by atoms with E-state index in [0.29, 0.717) is 0 Å². The SMILES string of the molecule is [C]1=CNNCN1. The molecule has 0 fully saturated rings. The zero-order valence-corrected chi connectivity index (χ0v) is 3.28. The molecule has 3 heteroatoms. The van der Waals surface area contributed by atoms with Crippen LogP contribution >= 0.6 is 0 Å². The van der Waals surface area contributed by atoms with Crippen molar-refractivity contribution in [3.05, 3.63) is 12.4 Å². The Hall–Kier alpha value is -0.700. The van der Waals surface area contributed by atoms with Crippen LogP contribution in [0.3, 0.4) is 0 Å². The Labute approximate surface area is 36.4 Å². The number of rotatable bonds is 0. The van der Waals surface area contributed by atoms with Crippen molar-refractivity contribution in [2.24, 2.45) is 0 Å². The highest BCUT2D eigenvalue weighted by Gasteiger charge is 1.80. The lowest BCUT2D eigenvalue weighted by Crippen LogP contribution is -2.38. The van der Waals surface area contributed by atoms with Crippen LogP contribution in [0.25, 0.3) is 0 Å². The van der Waals surface area contributed by atoms with Crippen LogP contribution in [0.4, 0.5) is 0 Å². The predicted molar refractivity (Wildman–Crippen MR) is 22.1 cm³/mol. The van der Waals surface area contributed by atoms with Gasteiger partial charge in [-0.15, -0.1) is 0 Å². The largest absolute Gasteiger partial charge is 0.368 e. The summed E-state index contributed by atoms with van der Waals surface area (Å²) in [5, 5.41) is 2.81. The molecule has 33 valence electrons. The number of hydrazine groups is 1. The Bertz CT molecular complexity index is 51.1.